The van der Waals surface area contributed by atoms with Gasteiger partial charge >= 0.3 is 5.97 Å². The van der Waals surface area contributed by atoms with Crippen molar-refractivity contribution in [3.63, 3.8) is 0 Å². The van der Waals surface area contributed by atoms with E-state index in [1.54, 1.807) is 6.08 Å². The Balaban J connectivity index is 0.00000112. The smallest absolute Gasteiger partial charge is 0.310 e. The summed E-state index contributed by atoms with van der Waals surface area (Å²) in [7, 11) is 0. The van der Waals surface area contributed by atoms with Gasteiger partial charge in [0, 0.05) is 0 Å². The highest BCUT2D eigenvalue weighted by molar-refractivity contribution is 5.85. The Morgan fingerprint density at radius 2 is 2.00 bits per heavy atom. The van der Waals surface area contributed by atoms with Gasteiger partial charge in [-0.3, -0.25) is 4.79 Å². The van der Waals surface area contributed by atoms with Crippen LogP contribution in [0.4, 0.5) is 0 Å². The summed E-state index contributed by atoms with van der Waals surface area (Å²) in [4.78, 5) is 10.8. The third-order valence-corrected chi connectivity index (χ3v) is 2.52. The zero-order chi connectivity index (χ0) is 9.97. The monoisotopic (exact) mass is 224 g/mol. The van der Waals surface area contributed by atoms with Gasteiger partial charge < -0.3 is 5.11 Å². The lowest BCUT2D eigenvalue weighted by atomic mass is 9.90. The second-order valence-corrected chi connectivity index (χ2v) is 3.53. The van der Waals surface area contributed by atoms with Crippen molar-refractivity contribution in [2.24, 2.45) is 5.92 Å². The molecule has 0 saturated heterocycles. The molecule has 2 nitrogen and oxygen atoms in total. The fraction of sp³-hybridized carbons (Fsp3) is 0.250. The first-order valence-corrected chi connectivity index (χ1v) is 4.74. The van der Waals surface area contributed by atoms with E-state index in [4.69, 9.17) is 5.11 Å². The van der Waals surface area contributed by atoms with Crippen LogP contribution in [0.15, 0.2) is 47.6 Å². The number of hydrogen-bond donors (Lipinski definition) is 1. The Labute approximate surface area is 95.1 Å². The molecule has 0 aromatic carbocycles. The molecule has 0 saturated carbocycles. The van der Waals surface area contributed by atoms with Crippen molar-refractivity contribution in [3.05, 3.63) is 47.6 Å². The lowest BCUT2D eigenvalue weighted by Gasteiger charge is -2.15. The molecule has 15 heavy (non-hydrogen) atoms. The summed E-state index contributed by atoms with van der Waals surface area (Å²) in [5.74, 6) is -1.10. The number of carbonyl (C=O) groups is 1. The highest BCUT2D eigenvalue weighted by Crippen LogP contribution is 2.27. The molecule has 3 heteroatoms. The lowest BCUT2D eigenvalue weighted by molar-refractivity contribution is -0.140. The summed E-state index contributed by atoms with van der Waals surface area (Å²) in [5.41, 5.74) is 2.28. The van der Waals surface area contributed by atoms with Gasteiger partial charge in [-0.1, -0.05) is 36.5 Å². The van der Waals surface area contributed by atoms with E-state index in [0.717, 1.165) is 17.6 Å². The molecule has 0 aromatic heterocycles. The summed E-state index contributed by atoms with van der Waals surface area (Å²) in [6, 6.07) is 0. The van der Waals surface area contributed by atoms with Crippen molar-refractivity contribution in [2.75, 3.05) is 0 Å². The number of hydrogen-bond acceptors (Lipinski definition) is 1. The molecule has 0 spiro atoms. The van der Waals surface area contributed by atoms with Crippen LogP contribution >= 0.6 is 12.4 Å². The van der Waals surface area contributed by atoms with E-state index in [-0.39, 0.29) is 18.3 Å². The molecule has 2 aliphatic rings. The van der Waals surface area contributed by atoms with Gasteiger partial charge in [0.2, 0.25) is 0 Å². The molecule has 0 aromatic rings. The van der Waals surface area contributed by atoms with Gasteiger partial charge in [-0.05, 0) is 24.0 Å². The van der Waals surface area contributed by atoms with Crippen molar-refractivity contribution in [2.45, 2.75) is 12.8 Å². The van der Waals surface area contributed by atoms with E-state index in [1.807, 2.05) is 12.2 Å². The predicted molar refractivity (Wildman–Crippen MR) is 62.1 cm³/mol. The Kier molecular flexibility index (Phi) is 3.92. The summed E-state index contributed by atoms with van der Waals surface area (Å²) in [6.45, 7) is 0. The maximum Gasteiger partial charge on any atom is 0.310 e. The number of carboxylic acids is 1. The van der Waals surface area contributed by atoms with Crippen molar-refractivity contribution in [3.8, 4) is 0 Å². The van der Waals surface area contributed by atoms with Crippen LogP contribution in [0.3, 0.4) is 0 Å². The highest BCUT2D eigenvalue weighted by Gasteiger charge is 2.19. The first kappa shape index (κ1) is 11.8. The van der Waals surface area contributed by atoms with Crippen molar-refractivity contribution in [1.82, 2.24) is 0 Å². The lowest BCUT2D eigenvalue weighted by Crippen LogP contribution is -2.14. The molecule has 1 unspecified atom stereocenters. The van der Waals surface area contributed by atoms with E-state index in [9.17, 15) is 4.79 Å². The molecule has 1 N–H and O–H groups in total. The molecule has 0 amide bonds. The van der Waals surface area contributed by atoms with E-state index in [1.165, 1.54) is 0 Å². The van der Waals surface area contributed by atoms with Gasteiger partial charge in [0.05, 0.1) is 5.92 Å². The van der Waals surface area contributed by atoms with Gasteiger partial charge in [-0.15, -0.1) is 12.4 Å². The SMILES string of the molecule is Cl.O=C(O)C1C=CC2=C(C=CCC=C2)C1. The summed E-state index contributed by atoms with van der Waals surface area (Å²) < 4.78 is 0. The third-order valence-electron chi connectivity index (χ3n) is 2.52. The first-order valence-electron chi connectivity index (χ1n) is 4.74. The zero-order valence-electron chi connectivity index (χ0n) is 8.22. The molecule has 2 aliphatic carbocycles. The minimum absolute atomic E-state index is 0. The minimum atomic E-state index is -0.741. The van der Waals surface area contributed by atoms with E-state index < -0.39 is 5.97 Å². The van der Waals surface area contributed by atoms with Crippen LogP contribution in [0.25, 0.3) is 0 Å². The fourth-order valence-electron chi connectivity index (χ4n) is 1.73. The second-order valence-electron chi connectivity index (χ2n) is 3.53. The summed E-state index contributed by atoms with van der Waals surface area (Å²) in [5, 5.41) is 8.88. The molecular formula is C12H13ClO2. The fourth-order valence-corrected chi connectivity index (χ4v) is 1.73. The van der Waals surface area contributed by atoms with Gasteiger partial charge in [-0.25, -0.2) is 0 Å². The predicted octanol–water partition coefficient (Wildman–Crippen LogP) is 2.88. The van der Waals surface area contributed by atoms with E-state index in [2.05, 4.69) is 18.2 Å². The Morgan fingerprint density at radius 3 is 2.73 bits per heavy atom. The molecule has 0 heterocycles. The van der Waals surface area contributed by atoms with Gasteiger partial charge in [0.15, 0.2) is 0 Å². The molecular weight excluding hydrogens is 212 g/mol. The van der Waals surface area contributed by atoms with Crippen LogP contribution in [-0.4, -0.2) is 11.1 Å². The average molecular weight is 225 g/mol. The third kappa shape index (κ3) is 2.60. The van der Waals surface area contributed by atoms with Gasteiger partial charge in [-0.2, -0.15) is 0 Å². The quantitative estimate of drug-likeness (QED) is 0.744. The minimum Gasteiger partial charge on any atom is -0.481 e. The number of allylic oxidation sites excluding steroid dienone is 7. The normalized spacial score (nSPS) is 23.1. The van der Waals surface area contributed by atoms with Crippen LogP contribution in [0.2, 0.25) is 0 Å². The Bertz CT molecular complexity index is 375. The number of aliphatic carboxylic acids is 1. The topological polar surface area (TPSA) is 37.3 Å². The van der Waals surface area contributed by atoms with Crippen LogP contribution in [-0.2, 0) is 4.79 Å². The van der Waals surface area contributed by atoms with Gasteiger partial charge in [0.1, 0.15) is 0 Å². The van der Waals surface area contributed by atoms with Crippen molar-refractivity contribution in [1.29, 1.82) is 0 Å². The summed E-state index contributed by atoms with van der Waals surface area (Å²) in [6.07, 6.45) is 13.5. The molecule has 1 atom stereocenters. The van der Waals surface area contributed by atoms with Crippen molar-refractivity contribution < 1.29 is 9.90 Å². The van der Waals surface area contributed by atoms with Gasteiger partial charge in [0.25, 0.3) is 0 Å². The largest absolute Gasteiger partial charge is 0.481 e. The van der Waals surface area contributed by atoms with Crippen LogP contribution in [0.1, 0.15) is 12.8 Å². The molecule has 2 rings (SSSR count). The number of carboxylic acid groups (broad SMARTS) is 1. The molecule has 0 radical (unpaired) electrons. The highest BCUT2D eigenvalue weighted by atomic mass is 35.5. The maximum atomic E-state index is 10.8. The van der Waals surface area contributed by atoms with Crippen LogP contribution in [0, 0.1) is 5.92 Å². The Morgan fingerprint density at radius 1 is 1.27 bits per heavy atom. The summed E-state index contributed by atoms with van der Waals surface area (Å²) >= 11 is 0. The maximum absolute atomic E-state index is 10.8. The molecule has 0 aliphatic heterocycles. The number of rotatable bonds is 1. The average Bonchev–Trinajstić information content (AvgIpc) is 2.41. The number of halogens is 1. The Hall–Kier alpha value is -1.28. The van der Waals surface area contributed by atoms with Crippen LogP contribution < -0.4 is 0 Å². The van der Waals surface area contributed by atoms with E-state index in [0.29, 0.717) is 6.42 Å². The second kappa shape index (κ2) is 4.99. The van der Waals surface area contributed by atoms with Crippen molar-refractivity contribution >= 4 is 18.4 Å². The standard InChI is InChI=1S/C12H12O2.ClH/c13-12(14)11-7-6-9-4-2-1-3-5-10(9)8-11;/h2-7,11H,1,8H2,(H,13,14);1H. The molecule has 0 fully saturated rings. The molecule has 0 bridgehead atoms. The first-order chi connectivity index (χ1) is 6.77. The molecule has 80 valence electrons. The van der Waals surface area contributed by atoms with E-state index >= 15 is 0 Å². The van der Waals surface area contributed by atoms with Crippen LogP contribution in [0.5, 0.6) is 0 Å². The zero-order valence-corrected chi connectivity index (χ0v) is 9.04.